The van der Waals surface area contributed by atoms with Crippen molar-refractivity contribution < 1.29 is 14.3 Å². The Bertz CT molecular complexity index is 923. The highest BCUT2D eigenvalue weighted by Crippen LogP contribution is 2.27. The molecule has 4 rings (SSSR count). The minimum atomic E-state index is 0.0634. The molecule has 0 aromatic heterocycles. The van der Waals surface area contributed by atoms with Crippen LogP contribution in [-0.4, -0.2) is 35.9 Å². The average Bonchev–Trinajstić information content (AvgIpc) is 3.25. The minimum absolute atomic E-state index is 0.0634. The van der Waals surface area contributed by atoms with Crippen LogP contribution in [0, 0.1) is 0 Å². The molecular weight excluding hydrogens is 376 g/mol. The van der Waals surface area contributed by atoms with Crippen molar-refractivity contribution >= 4 is 23.6 Å². The summed E-state index contributed by atoms with van der Waals surface area (Å²) in [5, 5.41) is 2.88. The van der Waals surface area contributed by atoms with Crippen LogP contribution in [-0.2, 0) is 16.0 Å². The van der Waals surface area contributed by atoms with E-state index in [0.717, 1.165) is 48.4 Å². The summed E-state index contributed by atoms with van der Waals surface area (Å²) in [7, 11) is 0. The lowest BCUT2D eigenvalue weighted by Crippen LogP contribution is -2.34. The van der Waals surface area contributed by atoms with Crippen LogP contribution in [0.1, 0.15) is 43.2 Å². The molecule has 5 heteroatoms. The van der Waals surface area contributed by atoms with Crippen LogP contribution in [0.25, 0.3) is 6.08 Å². The van der Waals surface area contributed by atoms with Crippen LogP contribution in [0.3, 0.4) is 0 Å². The number of aryl methyl sites for hydroxylation is 1. The van der Waals surface area contributed by atoms with Gasteiger partial charge in [0.1, 0.15) is 5.75 Å². The Morgan fingerprint density at radius 3 is 2.90 bits per heavy atom. The van der Waals surface area contributed by atoms with Crippen LogP contribution in [0.5, 0.6) is 5.75 Å². The van der Waals surface area contributed by atoms with Crippen molar-refractivity contribution in [2.24, 2.45) is 0 Å². The Morgan fingerprint density at radius 2 is 2.03 bits per heavy atom. The van der Waals surface area contributed by atoms with Crippen LogP contribution >= 0.6 is 0 Å². The van der Waals surface area contributed by atoms with E-state index in [1.165, 1.54) is 0 Å². The predicted octanol–water partition coefficient (Wildman–Crippen LogP) is 4.43. The van der Waals surface area contributed by atoms with Gasteiger partial charge in [0, 0.05) is 25.1 Å². The summed E-state index contributed by atoms with van der Waals surface area (Å²) in [6.45, 7) is 1.34. The van der Waals surface area contributed by atoms with E-state index in [2.05, 4.69) is 29.6 Å². The van der Waals surface area contributed by atoms with Gasteiger partial charge in [0.05, 0.1) is 12.6 Å². The number of fused-ring (bicyclic) bond motifs is 1. The second-order valence-corrected chi connectivity index (χ2v) is 7.89. The lowest BCUT2D eigenvalue weighted by molar-refractivity contribution is -0.131. The molecule has 2 aromatic carbocycles. The van der Waals surface area contributed by atoms with E-state index in [4.69, 9.17) is 4.74 Å². The van der Waals surface area contributed by atoms with Gasteiger partial charge in [-0.25, -0.2) is 0 Å². The summed E-state index contributed by atoms with van der Waals surface area (Å²) in [5.74, 6) is 1.06. The fraction of sp³-hybridized carbons (Fsp3) is 0.360. The highest BCUT2D eigenvalue weighted by atomic mass is 16.5. The lowest BCUT2D eigenvalue weighted by Gasteiger charge is -2.22. The Kier molecular flexibility index (Phi) is 6.47. The van der Waals surface area contributed by atoms with Gasteiger partial charge in [-0.15, -0.1) is 0 Å². The zero-order chi connectivity index (χ0) is 20.8. The molecule has 30 heavy (non-hydrogen) atoms. The molecule has 1 unspecified atom stereocenters. The molecule has 2 aliphatic rings. The highest BCUT2D eigenvalue weighted by molar-refractivity contribution is 5.94. The molecule has 0 spiro atoms. The number of likely N-dealkylation sites (tertiary alicyclic amines) is 1. The number of ether oxygens (including phenoxy) is 1. The first-order chi connectivity index (χ1) is 14.7. The first-order valence-corrected chi connectivity index (χ1v) is 10.8. The van der Waals surface area contributed by atoms with Gasteiger partial charge in [0.25, 0.3) is 0 Å². The molecule has 0 aliphatic carbocycles. The maximum atomic E-state index is 12.7. The molecule has 2 amide bonds. The summed E-state index contributed by atoms with van der Waals surface area (Å²) >= 11 is 0. The van der Waals surface area contributed by atoms with Gasteiger partial charge in [0.2, 0.25) is 11.8 Å². The van der Waals surface area contributed by atoms with E-state index in [1.54, 1.807) is 0 Å². The third kappa shape index (κ3) is 5.09. The Labute approximate surface area is 177 Å². The average molecular weight is 405 g/mol. The normalized spacial score (nSPS) is 18.3. The molecule has 0 bridgehead atoms. The van der Waals surface area contributed by atoms with Crippen LogP contribution in [0.15, 0.2) is 54.6 Å². The van der Waals surface area contributed by atoms with E-state index in [0.29, 0.717) is 25.9 Å². The minimum Gasteiger partial charge on any atom is -0.494 e. The van der Waals surface area contributed by atoms with Crippen LogP contribution < -0.4 is 10.1 Å². The zero-order valence-electron chi connectivity index (χ0n) is 17.2. The summed E-state index contributed by atoms with van der Waals surface area (Å²) in [6, 6.07) is 16.1. The standard InChI is InChI=1S/C25H28N2O3/c28-24-15-11-20-18-22(13-14-23(20)26-24)30-17-5-9-25(29)27-16-4-8-21(27)12-10-19-6-2-1-3-7-19/h1-3,6-7,10,12-14,18,21H,4-5,8-9,11,15-17H2,(H,26,28)/b12-10+. The number of nitrogens with one attached hydrogen (secondary N) is 1. The first-order valence-electron chi connectivity index (χ1n) is 10.8. The van der Waals surface area contributed by atoms with E-state index in [-0.39, 0.29) is 17.9 Å². The van der Waals surface area contributed by atoms with Crippen LogP contribution in [0.4, 0.5) is 5.69 Å². The number of carbonyl (C=O) groups excluding carboxylic acids is 2. The van der Waals surface area contributed by atoms with Crippen molar-refractivity contribution in [3.05, 3.63) is 65.7 Å². The lowest BCUT2D eigenvalue weighted by atomic mass is 10.0. The van der Waals surface area contributed by atoms with Gasteiger partial charge < -0.3 is 15.0 Å². The first kappa shape index (κ1) is 20.2. The molecule has 5 nitrogen and oxygen atoms in total. The molecular formula is C25H28N2O3. The molecule has 2 heterocycles. The molecule has 0 saturated carbocycles. The Hall–Kier alpha value is -3.08. The summed E-state index contributed by atoms with van der Waals surface area (Å²) in [6.07, 6.45) is 8.79. The molecule has 1 saturated heterocycles. The number of carbonyl (C=O) groups is 2. The largest absolute Gasteiger partial charge is 0.494 e. The Balaban J connectivity index is 1.23. The van der Waals surface area contributed by atoms with Crippen molar-refractivity contribution in [1.29, 1.82) is 0 Å². The smallest absolute Gasteiger partial charge is 0.224 e. The Morgan fingerprint density at radius 1 is 1.17 bits per heavy atom. The number of amides is 2. The van der Waals surface area contributed by atoms with E-state index in [1.807, 2.05) is 41.3 Å². The number of nitrogens with zero attached hydrogens (tertiary/aromatic N) is 1. The van der Waals surface area contributed by atoms with E-state index >= 15 is 0 Å². The van der Waals surface area contributed by atoms with Gasteiger partial charge >= 0.3 is 0 Å². The van der Waals surface area contributed by atoms with E-state index in [9.17, 15) is 9.59 Å². The van der Waals surface area contributed by atoms with Crippen LogP contribution in [0.2, 0.25) is 0 Å². The predicted molar refractivity (Wildman–Crippen MR) is 118 cm³/mol. The molecule has 0 radical (unpaired) electrons. The van der Waals surface area contributed by atoms with Gasteiger partial charge in [-0.2, -0.15) is 0 Å². The SMILES string of the molecule is O=C1CCc2cc(OCCCC(=O)N3CCCC3/C=C/c3ccccc3)ccc2N1. The van der Waals surface area contributed by atoms with Crippen molar-refractivity contribution in [1.82, 2.24) is 4.90 Å². The van der Waals surface area contributed by atoms with Crippen molar-refractivity contribution in [2.45, 2.75) is 44.6 Å². The number of hydrogen-bond acceptors (Lipinski definition) is 3. The molecule has 2 aromatic rings. The summed E-state index contributed by atoms with van der Waals surface area (Å²) < 4.78 is 5.85. The topological polar surface area (TPSA) is 58.6 Å². The number of rotatable bonds is 7. The maximum absolute atomic E-state index is 12.7. The number of anilines is 1. The quantitative estimate of drug-likeness (QED) is 0.695. The number of hydrogen-bond donors (Lipinski definition) is 1. The summed E-state index contributed by atoms with van der Waals surface area (Å²) in [4.78, 5) is 26.1. The molecule has 1 atom stereocenters. The van der Waals surface area contributed by atoms with Crippen molar-refractivity contribution in [3.8, 4) is 5.75 Å². The molecule has 1 fully saturated rings. The van der Waals surface area contributed by atoms with Crippen molar-refractivity contribution in [2.75, 3.05) is 18.5 Å². The van der Waals surface area contributed by atoms with Gasteiger partial charge in [0.15, 0.2) is 0 Å². The van der Waals surface area contributed by atoms with E-state index < -0.39 is 0 Å². The van der Waals surface area contributed by atoms with Gasteiger partial charge in [-0.1, -0.05) is 42.5 Å². The number of benzene rings is 2. The fourth-order valence-electron chi connectivity index (χ4n) is 4.10. The zero-order valence-corrected chi connectivity index (χ0v) is 17.2. The highest BCUT2D eigenvalue weighted by Gasteiger charge is 2.26. The second kappa shape index (κ2) is 9.61. The fourth-order valence-corrected chi connectivity index (χ4v) is 4.10. The van der Waals surface area contributed by atoms with Gasteiger partial charge in [-0.05, 0) is 55.0 Å². The third-order valence-electron chi connectivity index (χ3n) is 5.71. The second-order valence-electron chi connectivity index (χ2n) is 7.89. The maximum Gasteiger partial charge on any atom is 0.224 e. The van der Waals surface area contributed by atoms with Gasteiger partial charge in [-0.3, -0.25) is 9.59 Å². The van der Waals surface area contributed by atoms with Crippen molar-refractivity contribution in [3.63, 3.8) is 0 Å². The summed E-state index contributed by atoms with van der Waals surface area (Å²) in [5.41, 5.74) is 3.14. The monoisotopic (exact) mass is 404 g/mol. The molecule has 156 valence electrons. The third-order valence-corrected chi connectivity index (χ3v) is 5.71. The molecule has 2 aliphatic heterocycles. The molecule has 1 N–H and O–H groups in total.